The number of benzene rings is 1. The first-order chi connectivity index (χ1) is 9.81. The lowest BCUT2D eigenvalue weighted by Crippen LogP contribution is -2.34. The maximum absolute atomic E-state index is 12.2. The van der Waals surface area contributed by atoms with Gasteiger partial charge >= 0.3 is 0 Å². The maximum atomic E-state index is 12.2. The van der Waals surface area contributed by atoms with Crippen molar-refractivity contribution in [2.45, 2.75) is 32.1 Å². The molecule has 0 unspecified atom stereocenters. The second-order valence-electron chi connectivity index (χ2n) is 4.74. The van der Waals surface area contributed by atoms with E-state index in [1.165, 1.54) is 6.07 Å². The Morgan fingerprint density at radius 3 is 2.43 bits per heavy atom. The molecule has 1 rings (SSSR count). The topological polar surface area (TPSA) is 92.5 Å². The minimum atomic E-state index is -3.62. The van der Waals surface area contributed by atoms with Crippen LogP contribution in [0.3, 0.4) is 0 Å². The Balaban J connectivity index is 2.68. The average molecular weight is 313 g/mol. The summed E-state index contributed by atoms with van der Waals surface area (Å²) in [7, 11) is -3.62. The minimum Gasteiger partial charge on any atom is -0.399 e. The molecule has 0 fully saturated rings. The molecule has 0 aliphatic heterocycles. The van der Waals surface area contributed by atoms with Gasteiger partial charge in [0.25, 0.3) is 0 Å². The Bertz CT molecular complexity index is 595. The molecule has 0 aliphatic rings. The molecule has 1 amide bonds. The maximum Gasteiger partial charge on any atom is 0.240 e. The molecular formula is C14H23N3O3S. The van der Waals surface area contributed by atoms with Crippen molar-refractivity contribution < 1.29 is 13.2 Å². The standard InChI is InChI=1S/C14H23N3O3S/c1-4-17(5-2)14(18)8-9-16-21(19,20)13-7-6-12(15)10-11(13)3/h6-7,10,16H,4-5,8-9,15H2,1-3H3. The number of amides is 1. The van der Waals surface area contributed by atoms with Crippen LogP contribution < -0.4 is 10.5 Å². The zero-order valence-corrected chi connectivity index (χ0v) is 13.5. The summed E-state index contributed by atoms with van der Waals surface area (Å²) in [5.41, 5.74) is 6.71. The fourth-order valence-corrected chi connectivity index (χ4v) is 3.33. The van der Waals surface area contributed by atoms with E-state index in [9.17, 15) is 13.2 Å². The molecule has 1 aromatic rings. The molecule has 0 spiro atoms. The van der Waals surface area contributed by atoms with Gasteiger partial charge in [0, 0.05) is 31.7 Å². The minimum absolute atomic E-state index is 0.0586. The van der Waals surface area contributed by atoms with Crippen LogP contribution >= 0.6 is 0 Å². The van der Waals surface area contributed by atoms with Crippen LogP contribution in [0.1, 0.15) is 25.8 Å². The molecule has 21 heavy (non-hydrogen) atoms. The molecule has 0 aliphatic carbocycles. The van der Waals surface area contributed by atoms with Crippen LogP contribution in [0.2, 0.25) is 0 Å². The number of anilines is 1. The van der Waals surface area contributed by atoms with Crippen LogP contribution in [0.5, 0.6) is 0 Å². The van der Waals surface area contributed by atoms with E-state index in [1.54, 1.807) is 24.0 Å². The zero-order chi connectivity index (χ0) is 16.0. The average Bonchev–Trinajstić information content (AvgIpc) is 2.39. The van der Waals surface area contributed by atoms with Gasteiger partial charge in [-0.15, -0.1) is 0 Å². The molecule has 7 heteroatoms. The fourth-order valence-electron chi connectivity index (χ4n) is 2.08. The number of hydrogen-bond donors (Lipinski definition) is 2. The van der Waals surface area contributed by atoms with E-state index >= 15 is 0 Å². The number of nitrogen functional groups attached to an aromatic ring is 1. The number of carbonyl (C=O) groups excluding carboxylic acids is 1. The highest BCUT2D eigenvalue weighted by molar-refractivity contribution is 7.89. The summed E-state index contributed by atoms with van der Waals surface area (Å²) >= 11 is 0. The van der Waals surface area contributed by atoms with Crippen molar-refractivity contribution >= 4 is 21.6 Å². The van der Waals surface area contributed by atoms with Gasteiger partial charge in [0.1, 0.15) is 0 Å². The Morgan fingerprint density at radius 1 is 1.29 bits per heavy atom. The van der Waals surface area contributed by atoms with E-state index in [0.717, 1.165) is 0 Å². The first-order valence-corrected chi connectivity index (χ1v) is 8.43. The van der Waals surface area contributed by atoms with E-state index in [1.807, 2.05) is 13.8 Å². The molecule has 0 atom stereocenters. The lowest BCUT2D eigenvalue weighted by atomic mass is 10.2. The molecule has 0 bridgehead atoms. The first-order valence-electron chi connectivity index (χ1n) is 6.95. The third-order valence-electron chi connectivity index (χ3n) is 3.24. The summed E-state index contributed by atoms with van der Waals surface area (Å²) in [6.45, 7) is 6.80. The van der Waals surface area contributed by atoms with Crippen LogP contribution in [0, 0.1) is 6.92 Å². The molecule has 0 radical (unpaired) electrons. The van der Waals surface area contributed by atoms with E-state index < -0.39 is 10.0 Å². The largest absolute Gasteiger partial charge is 0.399 e. The van der Waals surface area contributed by atoms with Crippen molar-refractivity contribution in [3.05, 3.63) is 23.8 Å². The monoisotopic (exact) mass is 313 g/mol. The number of nitrogens with one attached hydrogen (secondary N) is 1. The predicted molar refractivity (Wildman–Crippen MR) is 83.3 cm³/mol. The van der Waals surface area contributed by atoms with E-state index in [-0.39, 0.29) is 23.8 Å². The van der Waals surface area contributed by atoms with Crippen LogP contribution in [0.25, 0.3) is 0 Å². The van der Waals surface area contributed by atoms with Crippen molar-refractivity contribution in [3.8, 4) is 0 Å². The Kier molecular flexibility index (Phi) is 6.17. The van der Waals surface area contributed by atoms with Gasteiger partial charge in [0.05, 0.1) is 4.90 Å². The van der Waals surface area contributed by atoms with Crippen LogP contribution in [-0.2, 0) is 14.8 Å². The molecule has 1 aromatic carbocycles. The van der Waals surface area contributed by atoms with Crippen molar-refractivity contribution in [2.75, 3.05) is 25.4 Å². The normalized spacial score (nSPS) is 11.4. The third kappa shape index (κ3) is 4.71. The molecule has 0 saturated carbocycles. The number of aryl methyl sites for hydroxylation is 1. The highest BCUT2D eigenvalue weighted by Crippen LogP contribution is 2.17. The molecule has 0 saturated heterocycles. The van der Waals surface area contributed by atoms with Gasteiger partial charge < -0.3 is 10.6 Å². The lowest BCUT2D eigenvalue weighted by Gasteiger charge is -2.18. The smallest absolute Gasteiger partial charge is 0.240 e. The predicted octanol–water partition coefficient (Wildman–Crippen LogP) is 1.11. The molecular weight excluding hydrogens is 290 g/mol. The van der Waals surface area contributed by atoms with Gasteiger partial charge in [-0.2, -0.15) is 0 Å². The Morgan fingerprint density at radius 2 is 1.90 bits per heavy atom. The third-order valence-corrected chi connectivity index (χ3v) is 4.86. The summed E-state index contributed by atoms with van der Waals surface area (Å²) in [6.07, 6.45) is 0.148. The number of nitrogens with zero attached hydrogens (tertiary/aromatic N) is 1. The van der Waals surface area contributed by atoms with Crippen LogP contribution in [0.15, 0.2) is 23.1 Å². The lowest BCUT2D eigenvalue weighted by molar-refractivity contribution is -0.130. The fraction of sp³-hybridized carbons (Fsp3) is 0.500. The second-order valence-corrected chi connectivity index (χ2v) is 6.47. The number of rotatable bonds is 7. The first kappa shape index (κ1) is 17.5. The molecule has 3 N–H and O–H groups in total. The van der Waals surface area contributed by atoms with Crippen LogP contribution in [-0.4, -0.2) is 38.9 Å². The Labute approximate surface area is 126 Å². The summed E-state index contributed by atoms with van der Waals surface area (Å²) in [5.74, 6) is -0.0586. The van der Waals surface area contributed by atoms with Gasteiger partial charge in [-0.1, -0.05) is 0 Å². The second kappa shape index (κ2) is 7.42. The van der Waals surface area contributed by atoms with Gasteiger partial charge in [-0.25, -0.2) is 13.1 Å². The molecule has 118 valence electrons. The van der Waals surface area contributed by atoms with Gasteiger partial charge in [0.15, 0.2) is 0 Å². The highest BCUT2D eigenvalue weighted by Gasteiger charge is 2.17. The van der Waals surface area contributed by atoms with Crippen molar-refractivity contribution in [1.29, 1.82) is 0 Å². The summed E-state index contributed by atoms with van der Waals surface area (Å²) in [4.78, 5) is 13.7. The number of hydrogen-bond acceptors (Lipinski definition) is 4. The Hall–Kier alpha value is -1.60. The van der Waals surface area contributed by atoms with Crippen molar-refractivity contribution in [1.82, 2.24) is 9.62 Å². The zero-order valence-electron chi connectivity index (χ0n) is 12.7. The van der Waals surface area contributed by atoms with Crippen molar-refractivity contribution in [2.24, 2.45) is 0 Å². The summed E-state index contributed by atoms with van der Waals surface area (Å²) in [5, 5.41) is 0. The molecule has 6 nitrogen and oxygen atoms in total. The summed E-state index contributed by atoms with van der Waals surface area (Å²) in [6, 6.07) is 4.62. The van der Waals surface area contributed by atoms with E-state index in [0.29, 0.717) is 24.3 Å². The summed E-state index contributed by atoms with van der Waals surface area (Å²) < 4.78 is 26.8. The molecule has 0 heterocycles. The highest BCUT2D eigenvalue weighted by atomic mass is 32.2. The van der Waals surface area contributed by atoms with Gasteiger partial charge in [-0.3, -0.25) is 4.79 Å². The SMILES string of the molecule is CCN(CC)C(=O)CCNS(=O)(=O)c1ccc(N)cc1C. The van der Waals surface area contributed by atoms with Gasteiger partial charge in [-0.05, 0) is 44.5 Å². The van der Waals surface area contributed by atoms with Crippen molar-refractivity contribution in [3.63, 3.8) is 0 Å². The van der Waals surface area contributed by atoms with Gasteiger partial charge in [0.2, 0.25) is 15.9 Å². The van der Waals surface area contributed by atoms with E-state index in [4.69, 9.17) is 5.73 Å². The number of carbonyl (C=O) groups is 1. The van der Waals surface area contributed by atoms with E-state index in [2.05, 4.69) is 4.72 Å². The number of sulfonamides is 1. The quantitative estimate of drug-likeness (QED) is 0.738. The van der Waals surface area contributed by atoms with Crippen LogP contribution in [0.4, 0.5) is 5.69 Å². The number of nitrogens with two attached hydrogens (primary N) is 1. The molecule has 0 aromatic heterocycles.